The minimum Gasteiger partial charge on any atom is -0.437 e. The minimum atomic E-state index is 0.296. The second-order valence-corrected chi connectivity index (χ2v) is 12.4. The number of pyridine rings is 1. The normalized spacial score (nSPS) is 12.0. The maximum Gasteiger partial charge on any atom is 0.227 e. The molecule has 0 aliphatic rings. The van der Waals surface area contributed by atoms with E-state index in [1.165, 1.54) is 33.5 Å². The number of aromatic nitrogens is 3. The van der Waals surface area contributed by atoms with Gasteiger partial charge >= 0.3 is 0 Å². The van der Waals surface area contributed by atoms with Crippen LogP contribution in [0, 0.1) is 20.8 Å². The molecule has 7 aromatic rings. The average molecular weight is 564 g/mol. The van der Waals surface area contributed by atoms with Crippen molar-refractivity contribution in [3.05, 3.63) is 113 Å². The molecule has 0 unspecified atom stereocenters. The first-order valence-corrected chi connectivity index (χ1v) is 15.2. The molecule has 4 aromatic carbocycles. The second kappa shape index (κ2) is 10.2. The zero-order valence-corrected chi connectivity index (χ0v) is 26.0. The van der Waals surface area contributed by atoms with E-state index >= 15 is 0 Å². The van der Waals surface area contributed by atoms with E-state index in [-0.39, 0.29) is 0 Å². The summed E-state index contributed by atoms with van der Waals surface area (Å²) in [7, 11) is 0. The van der Waals surface area contributed by atoms with Crippen molar-refractivity contribution < 1.29 is 4.42 Å². The fraction of sp³-hybridized carbons (Fsp3) is 0.231. The predicted octanol–water partition coefficient (Wildman–Crippen LogP) is 10.8. The summed E-state index contributed by atoms with van der Waals surface area (Å²) in [5.74, 6) is 1.48. The van der Waals surface area contributed by atoms with E-state index in [1.54, 1.807) is 0 Å². The Labute approximate surface area is 253 Å². The molecule has 0 aliphatic heterocycles. The number of fused-ring (bicyclic) bond motifs is 4. The van der Waals surface area contributed by atoms with Crippen molar-refractivity contribution in [3.63, 3.8) is 0 Å². The molecule has 214 valence electrons. The van der Waals surface area contributed by atoms with Gasteiger partial charge in [-0.15, -0.1) is 0 Å². The largest absolute Gasteiger partial charge is 0.437 e. The summed E-state index contributed by atoms with van der Waals surface area (Å²) >= 11 is 0. The lowest BCUT2D eigenvalue weighted by molar-refractivity contribution is 0.652. The van der Waals surface area contributed by atoms with Crippen LogP contribution in [0.15, 0.2) is 89.3 Å². The standard InChI is InChI=1S/C39H37N3O/c1-22(2)30-20-28(27-13-9-8-10-14-27)21-31(23(3)4)36(30)42-34-16-12-11-15-33(34)41-38(42)29-18-17-24(5)35-32-19-25(6)26(7)40-39(32)43-37(29)35/h8-23H,1-7H3. The molecule has 0 bridgehead atoms. The third kappa shape index (κ3) is 4.36. The summed E-state index contributed by atoms with van der Waals surface area (Å²) in [5.41, 5.74) is 14.1. The number of furan rings is 1. The Hall–Kier alpha value is -4.70. The van der Waals surface area contributed by atoms with Crippen molar-refractivity contribution in [1.29, 1.82) is 0 Å². The summed E-state index contributed by atoms with van der Waals surface area (Å²) < 4.78 is 8.99. The summed E-state index contributed by atoms with van der Waals surface area (Å²) in [4.78, 5) is 10.1. The molecule has 0 atom stereocenters. The molecule has 7 rings (SSSR count). The number of rotatable bonds is 5. The fourth-order valence-corrected chi connectivity index (χ4v) is 6.38. The van der Waals surface area contributed by atoms with Crippen LogP contribution in [0.1, 0.15) is 67.5 Å². The molecule has 0 spiro atoms. The molecule has 0 N–H and O–H groups in total. The Morgan fingerprint density at radius 3 is 2.05 bits per heavy atom. The second-order valence-electron chi connectivity index (χ2n) is 12.4. The van der Waals surface area contributed by atoms with Crippen molar-refractivity contribution >= 4 is 33.1 Å². The first-order valence-electron chi connectivity index (χ1n) is 15.2. The van der Waals surface area contributed by atoms with E-state index in [2.05, 4.69) is 131 Å². The van der Waals surface area contributed by atoms with E-state index in [9.17, 15) is 0 Å². The highest BCUT2D eigenvalue weighted by molar-refractivity contribution is 6.10. The van der Waals surface area contributed by atoms with Crippen molar-refractivity contribution in [2.75, 3.05) is 0 Å². The van der Waals surface area contributed by atoms with Gasteiger partial charge < -0.3 is 4.42 Å². The summed E-state index contributed by atoms with van der Waals surface area (Å²) in [6.07, 6.45) is 0. The van der Waals surface area contributed by atoms with E-state index in [1.807, 2.05) is 6.92 Å². The molecule has 0 saturated carbocycles. The van der Waals surface area contributed by atoms with Gasteiger partial charge in [-0.3, -0.25) is 4.57 Å². The number of aryl methyl sites for hydroxylation is 3. The van der Waals surface area contributed by atoms with Crippen LogP contribution in [0.5, 0.6) is 0 Å². The number of hydrogen-bond acceptors (Lipinski definition) is 3. The van der Waals surface area contributed by atoms with Crippen LogP contribution in [-0.4, -0.2) is 14.5 Å². The third-order valence-corrected chi connectivity index (χ3v) is 8.81. The molecule has 43 heavy (non-hydrogen) atoms. The van der Waals surface area contributed by atoms with Crippen LogP contribution in [0.2, 0.25) is 0 Å². The molecule has 0 radical (unpaired) electrons. The SMILES string of the molecule is Cc1cc2c(nc1C)oc1c(-c3nc4ccccc4n3-c3c(C(C)C)cc(-c4ccccc4)cc3C(C)C)ccc(C)c12. The number of para-hydroxylation sites is 2. The Kier molecular flexibility index (Phi) is 6.46. The predicted molar refractivity (Wildman–Crippen MR) is 179 cm³/mol. The van der Waals surface area contributed by atoms with E-state index in [0.717, 1.165) is 50.0 Å². The van der Waals surface area contributed by atoms with Gasteiger partial charge in [0, 0.05) is 16.5 Å². The fourth-order valence-electron chi connectivity index (χ4n) is 6.38. The van der Waals surface area contributed by atoms with Crippen molar-refractivity contribution in [2.24, 2.45) is 0 Å². The topological polar surface area (TPSA) is 43.9 Å². The molecular weight excluding hydrogens is 526 g/mol. The Balaban J connectivity index is 1.60. The third-order valence-electron chi connectivity index (χ3n) is 8.81. The Morgan fingerprint density at radius 1 is 0.674 bits per heavy atom. The molecule has 3 aromatic heterocycles. The smallest absolute Gasteiger partial charge is 0.227 e. The van der Waals surface area contributed by atoms with Gasteiger partial charge in [0.2, 0.25) is 5.71 Å². The highest BCUT2D eigenvalue weighted by Gasteiger charge is 2.26. The molecule has 0 saturated heterocycles. The maximum absolute atomic E-state index is 6.61. The quantitative estimate of drug-likeness (QED) is 0.209. The van der Waals surface area contributed by atoms with Crippen LogP contribution < -0.4 is 0 Å². The van der Waals surface area contributed by atoms with Gasteiger partial charge in [-0.1, -0.05) is 76.2 Å². The minimum absolute atomic E-state index is 0.296. The van der Waals surface area contributed by atoms with Crippen LogP contribution >= 0.6 is 0 Å². The molecule has 4 heteroatoms. The highest BCUT2D eigenvalue weighted by atomic mass is 16.3. The molecule has 0 fully saturated rings. The van der Waals surface area contributed by atoms with Gasteiger partial charge in [0.15, 0.2) is 0 Å². The van der Waals surface area contributed by atoms with Gasteiger partial charge in [0.25, 0.3) is 0 Å². The summed E-state index contributed by atoms with van der Waals surface area (Å²) in [6, 6.07) is 30.5. The van der Waals surface area contributed by atoms with Gasteiger partial charge in [-0.05, 0) is 102 Å². The van der Waals surface area contributed by atoms with Crippen molar-refractivity contribution in [2.45, 2.75) is 60.3 Å². The number of hydrogen-bond donors (Lipinski definition) is 0. The molecule has 3 heterocycles. The monoisotopic (exact) mass is 563 g/mol. The Morgan fingerprint density at radius 2 is 1.35 bits per heavy atom. The van der Waals surface area contributed by atoms with Crippen molar-refractivity contribution in [1.82, 2.24) is 14.5 Å². The Bertz CT molecular complexity index is 2130. The number of imidazole rings is 1. The summed E-state index contributed by atoms with van der Waals surface area (Å²) in [6.45, 7) is 15.4. The number of nitrogens with zero attached hydrogens (tertiary/aromatic N) is 3. The van der Waals surface area contributed by atoms with E-state index in [0.29, 0.717) is 17.5 Å². The zero-order valence-electron chi connectivity index (χ0n) is 26.0. The van der Waals surface area contributed by atoms with Gasteiger partial charge in [-0.25, -0.2) is 9.97 Å². The van der Waals surface area contributed by atoms with E-state index in [4.69, 9.17) is 14.4 Å². The van der Waals surface area contributed by atoms with Crippen LogP contribution in [-0.2, 0) is 0 Å². The van der Waals surface area contributed by atoms with Gasteiger partial charge in [-0.2, -0.15) is 0 Å². The van der Waals surface area contributed by atoms with Crippen LogP contribution in [0.3, 0.4) is 0 Å². The number of benzene rings is 4. The molecule has 4 nitrogen and oxygen atoms in total. The van der Waals surface area contributed by atoms with Crippen LogP contribution in [0.4, 0.5) is 0 Å². The lowest BCUT2D eigenvalue weighted by atomic mass is 9.88. The van der Waals surface area contributed by atoms with Crippen molar-refractivity contribution in [3.8, 4) is 28.2 Å². The molecular formula is C39H37N3O. The lowest BCUT2D eigenvalue weighted by Crippen LogP contribution is -2.09. The van der Waals surface area contributed by atoms with Crippen LogP contribution in [0.25, 0.3) is 61.3 Å². The maximum atomic E-state index is 6.61. The first-order chi connectivity index (χ1) is 20.7. The van der Waals surface area contributed by atoms with E-state index < -0.39 is 0 Å². The average Bonchev–Trinajstić information content (AvgIpc) is 3.56. The lowest BCUT2D eigenvalue weighted by Gasteiger charge is -2.24. The highest BCUT2D eigenvalue weighted by Crippen LogP contribution is 2.43. The van der Waals surface area contributed by atoms with Gasteiger partial charge in [0.1, 0.15) is 11.4 Å². The molecule has 0 aliphatic carbocycles. The van der Waals surface area contributed by atoms with Gasteiger partial charge in [0.05, 0.1) is 22.3 Å². The first kappa shape index (κ1) is 27.2. The summed E-state index contributed by atoms with van der Waals surface area (Å²) in [5, 5.41) is 2.16. The zero-order chi connectivity index (χ0) is 30.0. The molecule has 0 amide bonds.